The van der Waals surface area contributed by atoms with Gasteiger partial charge in [-0.15, -0.1) is 0 Å². The number of unbranched alkanes of at least 4 members (excludes halogenated alkanes) is 1. The van der Waals surface area contributed by atoms with E-state index in [0.717, 1.165) is 53.0 Å². The lowest BCUT2D eigenvalue weighted by Gasteiger charge is -2.11. The predicted molar refractivity (Wildman–Crippen MR) is 90.8 cm³/mol. The van der Waals surface area contributed by atoms with Crippen molar-refractivity contribution in [2.75, 3.05) is 26.8 Å². The lowest BCUT2D eigenvalue weighted by atomic mass is 10.2. The topological polar surface area (TPSA) is 30.5 Å². The van der Waals surface area contributed by atoms with E-state index in [1.165, 1.54) is 0 Å². The average molecular weight is 409 g/mol. The molecule has 0 unspecified atom stereocenters. The molecule has 20 heavy (non-hydrogen) atoms. The fourth-order valence-corrected chi connectivity index (χ4v) is 2.62. The smallest absolute Gasteiger partial charge is 0.134 e. The fourth-order valence-electron chi connectivity index (χ4n) is 1.70. The van der Waals surface area contributed by atoms with Crippen molar-refractivity contribution in [3.63, 3.8) is 0 Å². The summed E-state index contributed by atoms with van der Waals surface area (Å²) in [5.74, 6) is 2.34. The number of rotatable bonds is 9. The summed E-state index contributed by atoms with van der Waals surface area (Å²) in [5.41, 5.74) is 0. The van der Waals surface area contributed by atoms with Gasteiger partial charge in [0.1, 0.15) is 11.5 Å². The molecule has 1 rings (SSSR count). The highest BCUT2D eigenvalue weighted by molar-refractivity contribution is 9.11. The Bertz CT molecular complexity index is 411. The van der Waals surface area contributed by atoms with E-state index in [2.05, 4.69) is 51.0 Å². The van der Waals surface area contributed by atoms with Crippen LogP contribution >= 0.6 is 31.9 Å². The molecule has 0 radical (unpaired) electrons. The van der Waals surface area contributed by atoms with Gasteiger partial charge in [-0.2, -0.15) is 0 Å². The molecule has 1 aromatic carbocycles. The van der Waals surface area contributed by atoms with Gasteiger partial charge >= 0.3 is 0 Å². The number of methoxy groups -OCH3 is 1. The van der Waals surface area contributed by atoms with Crippen LogP contribution in [0.3, 0.4) is 0 Å². The van der Waals surface area contributed by atoms with Crippen LogP contribution in [-0.4, -0.2) is 26.8 Å². The van der Waals surface area contributed by atoms with E-state index < -0.39 is 0 Å². The molecule has 1 aromatic rings. The summed E-state index contributed by atoms with van der Waals surface area (Å²) < 4.78 is 12.8. The third-order valence-electron chi connectivity index (χ3n) is 2.76. The van der Waals surface area contributed by atoms with Gasteiger partial charge < -0.3 is 14.8 Å². The number of hydrogen-bond donors (Lipinski definition) is 1. The number of benzene rings is 1. The monoisotopic (exact) mass is 407 g/mol. The van der Waals surface area contributed by atoms with Crippen molar-refractivity contribution >= 4 is 31.9 Å². The largest absolute Gasteiger partial charge is 0.496 e. The van der Waals surface area contributed by atoms with Crippen molar-refractivity contribution in [3.8, 4) is 11.5 Å². The van der Waals surface area contributed by atoms with Crippen molar-refractivity contribution in [2.45, 2.75) is 26.7 Å². The molecule has 0 amide bonds. The van der Waals surface area contributed by atoms with Gasteiger partial charge in [0.2, 0.25) is 0 Å². The van der Waals surface area contributed by atoms with Crippen LogP contribution in [0.1, 0.15) is 26.7 Å². The zero-order valence-electron chi connectivity index (χ0n) is 12.3. The van der Waals surface area contributed by atoms with E-state index in [1.54, 1.807) is 7.11 Å². The molecule has 0 spiro atoms. The van der Waals surface area contributed by atoms with Gasteiger partial charge in [-0.25, -0.2) is 0 Å². The third-order valence-corrected chi connectivity index (χ3v) is 4.00. The van der Waals surface area contributed by atoms with Crippen LogP contribution in [0.5, 0.6) is 11.5 Å². The maximum absolute atomic E-state index is 5.78. The van der Waals surface area contributed by atoms with Gasteiger partial charge in [-0.05, 0) is 75.8 Å². The molecule has 0 atom stereocenters. The zero-order chi connectivity index (χ0) is 15.0. The minimum Gasteiger partial charge on any atom is -0.496 e. The molecule has 0 aliphatic heterocycles. The highest BCUT2D eigenvalue weighted by atomic mass is 79.9. The first-order valence-electron chi connectivity index (χ1n) is 6.91. The zero-order valence-corrected chi connectivity index (χ0v) is 15.5. The summed E-state index contributed by atoms with van der Waals surface area (Å²) in [7, 11) is 1.65. The molecule has 0 aromatic heterocycles. The molecule has 0 saturated carbocycles. The summed E-state index contributed by atoms with van der Waals surface area (Å²) in [5, 5.41) is 3.43. The molecule has 0 heterocycles. The molecular weight excluding hydrogens is 386 g/mol. The SMILES string of the molecule is COc1cc(Br)c(OCCCCNCC(C)C)cc1Br. The second-order valence-electron chi connectivity index (χ2n) is 5.07. The molecular formula is C15H23Br2NO2. The minimum absolute atomic E-state index is 0.707. The van der Waals surface area contributed by atoms with Gasteiger partial charge in [-0.3, -0.25) is 0 Å². The first kappa shape index (κ1) is 17.8. The number of hydrogen-bond acceptors (Lipinski definition) is 3. The molecule has 1 N–H and O–H groups in total. The third kappa shape index (κ3) is 6.46. The highest BCUT2D eigenvalue weighted by Crippen LogP contribution is 2.36. The van der Waals surface area contributed by atoms with Crippen molar-refractivity contribution in [1.82, 2.24) is 5.32 Å². The molecule has 114 valence electrons. The van der Waals surface area contributed by atoms with E-state index in [4.69, 9.17) is 9.47 Å². The van der Waals surface area contributed by atoms with Crippen molar-refractivity contribution in [1.29, 1.82) is 0 Å². The van der Waals surface area contributed by atoms with Crippen LogP contribution in [0.25, 0.3) is 0 Å². The highest BCUT2D eigenvalue weighted by Gasteiger charge is 2.07. The van der Waals surface area contributed by atoms with Crippen molar-refractivity contribution in [3.05, 3.63) is 21.1 Å². The fraction of sp³-hybridized carbons (Fsp3) is 0.600. The van der Waals surface area contributed by atoms with Crippen LogP contribution in [0.2, 0.25) is 0 Å². The summed E-state index contributed by atoms with van der Waals surface area (Å²) in [6.07, 6.45) is 2.17. The van der Waals surface area contributed by atoms with Crippen LogP contribution in [-0.2, 0) is 0 Å². The number of halogens is 2. The summed E-state index contributed by atoms with van der Waals surface area (Å²) in [6.45, 7) is 7.29. The van der Waals surface area contributed by atoms with Gasteiger partial charge in [0.05, 0.1) is 22.7 Å². The summed E-state index contributed by atoms with van der Waals surface area (Å²) in [4.78, 5) is 0. The Labute approximate surface area is 138 Å². The Morgan fingerprint density at radius 2 is 1.75 bits per heavy atom. The van der Waals surface area contributed by atoms with E-state index >= 15 is 0 Å². The Hall–Kier alpha value is -0.260. The lowest BCUT2D eigenvalue weighted by molar-refractivity contribution is 0.302. The molecule has 0 saturated heterocycles. The van der Waals surface area contributed by atoms with Gasteiger partial charge in [-0.1, -0.05) is 13.8 Å². The Morgan fingerprint density at radius 3 is 2.40 bits per heavy atom. The van der Waals surface area contributed by atoms with Crippen molar-refractivity contribution < 1.29 is 9.47 Å². The van der Waals surface area contributed by atoms with E-state index in [9.17, 15) is 0 Å². The molecule has 0 bridgehead atoms. The van der Waals surface area contributed by atoms with Gasteiger partial charge in [0, 0.05) is 0 Å². The molecule has 5 heteroatoms. The second kappa shape index (κ2) is 9.64. The van der Waals surface area contributed by atoms with E-state index in [0.29, 0.717) is 5.92 Å². The first-order chi connectivity index (χ1) is 9.54. The Morgan fingerprint density at radius 1 is 1.10 bits per heavy atom. The maximum atomic E-state index is 5.78. The molecule has 0 aliphatic rings. The Kier molecular flexibility index (Phi) is 8.57. The summed E-state index contributed by atoms with van der Waals surface area (Å²) >= 11 is 6.96. The predicted octanol–water partition coefficient (Wildman–Crippen LogP) is 4.62. The standard InChI is InChI=1S/C15H23Br2NO2/c1-11(2)10-18-6-4-5-7-20-15-9-12(16)14(19-3)8-13(15)17/h8-9,11,18H,4-7,10H2,1-3H3. The summed E-state index contributed by atoms with van der Waals surface area (Å²) in [6, 6.07) is 3.84. The first-order valence-corrected chi connectivity index (χ1v) is 8.49. The van der Waals surface area contributed by atoms with Crippen LogP contribution < -0.4 is 14.8 Å². The molecule has 0 fully saturated rings. The minimum atomic E-state index is 0.707. The number of nitrogens with one attached hydrogen (secondary N) is 1. The van der Waals surface area contributed by atoms with Crippen LogP contribution in [0, 0.1) is 5.92 Å². The lowest BCUT2D eigenvalue weighted by Crippen LogP contribution is -2.21. The van der Waals surface area contributed by atoms with E-state index in [-0.39, 0.29) is 0 Å². The van der Waals surface area contributed by atoms with Gasteiger partial charge in [0.15, 0.2) is 0 Å². The molecule has 3 nitrogen and oxygen atoms in total. The maximum Gasteiger partial charge on any atom is 0.134 e. The Balaban J connectivity index is 2.27. The van der Waals surface area contributed by atoms with Crippen LogP contribution in [0.4, 0.5) is 0 Å². The average Bonchev–Trinajstić information content (AvgIpc) is 2.40. The second-order valence-corrected chi connectivity index (χ2v) is 6.78. The number of ether oxygens (including phenoxy) is 2. The van der Waals surface area contributed by atoms with Crippen LogP contribution in [0.15, 0.2) is 21.1 Å². The quantitative estimate of drug-likeness (QED) is 0.604. The van der Waals surface area contributed by atoms with Crippen molar-refractivity contribution in [2.24, 2.45) is 5.92 Å². The van der Waals surface area contributed by atoms with Gasteiger partial charge in [0.25, 0.3) is 0 Å². The van der Waals surface area contributed by atoms with E-state index in [1.807, 2.05) is 12.1 Å². The normalized spacial score (nSPS) is 10.9. The molecule has 0 aliphatic carbocycles.